The minimum atomic E-state index is -1.17. The molecule has 1 saturated carbocycles. The zero-order chi connectivity index (χ0) is 19.6. The van der Waals surface area contributed by atoms with Crippen LogP contribution >= 0.6 is 0 Å². The number of carboxylic acid groups (broad SMARTS) is 1. The molecule has 0 bridgehead atoms. The molecule has 146 valence electrons. The lowest BCUT2D eigenvalue weighted by molar-refractivity contribution is -0.139. The Hall–Kier alpha value is -2.74. The topological polar surface area (TPSA) is 87.5 Å². The first-order valence-corrected chi connectivity index (χ1v) is 9.62. The molecule has 5 rings (SSSR count). The van der Waals surface area contributed by atoms with Gasteiger partial charge in [-0.05, 0) is 31.9 Å². The van der Waals surface area contributed by atoms with E-state index in [9.17, 15) is 19.1 Å². The van der Waals surface area contributed by atoms with Crippen molar-refractivity contribution in [3.8, 4) is 11.3 Å². The molecular weight excluding hydrogens is 363 g/mol. The van der Waals surface area contributed by atoms with E-state index in [1.54, 1.807) is 0 Å². The van der Waals surface area contributed by atoms with Crippen molar-refractivity contribution in [3.05, 3.63) is 35.4 Å². The summed E-state index contributed by atoms with van der Waals surface area (Å²) in [5, 5.41) is 12.8. The molecule has 1 aliphatic carbocycles. The van der Waals surface area contributed by atoms with Gasteiger partial charge >= 0.3 is 5.97 Å². The molecule has 4 heterocycles. The Morgan fingerprint density at radius 1 is 1.36 bits per heavy atom. The van der Waals surface area contributed by atoms with E-state index in [4.69, 9.17) is 0 Å². The zero-order valence-corrected chi connectivity index (χ0v) is 15.5. The predicted octanol–water partition coefficient (Wildman–Crippen LogP) is 2.22. The highest BCUT2D eigenvalue weighted by Crippen LogP contribution is 2.39. The molecule has 2 N–H and O–H groups in total. The summed E-state index contributed by atoms with van der Waals surface area (Å²) >= 11 is 0. The van der Waals surface area contributed by atoms with Crippen LogP contribution in [0.3, 0.4) is 0 Å². The number of pyridine rings is 1. The summed E-state index contributed by atoms with van der Waals surface area (Å²) in [6.07, 6.45) is 3.76. The number of carbonyl (C=O) groups excluding carboxylic acids is 1. The Bertz CT molecular complexity index is 998. The van der Waals surface area contributed by atoms with Gasteiger partial charge in [-0.3, -0.25) is 9.59 Å². The number of nitrogens with zero attached hydrogens (tertiary/aromatic N) is 3. The second-order valence-corrected chi connectivity index (χ2v) is 7.85. The fourth-order valence-electron chi connectivity index (χ4n) is 4.26. The largest absolute Gasteiger partial charge is 0.481 e. The minimum absolute atomic E-state index is 0.0748. The molecule has 0 saturated heterocycles. The average Bonchev–Trinajstić information content (AvgIpc) is 3.40. The fourth-order valence-corrected chi connectivity index (χ4v) is 4.26. The van der Waals surface area contributed by atoms with Gasteiger partial charge in [-0.15, -0.1) is 0 Å². The Kier molecular flexibility index (Phi) is 3.80. The van der Waals surface area contributed by atoms with E-state index in [2.05, 4.69) is 21.8 Å². The number of carboxylic acids is 1. The van der Waals surface area contributed by atoms with Gasteiger partial charge in [0.1, 0.15) is 23.2 Å². The summed E-state index contributed by atoms with van der Waals surface area (Å²) in [5.41, 5.74) is 2.03. The molecule has 1 unspecified atom stereocenters. The number of nitrogens with one attached hydrogen (secondary N) is 1. The molecule has 0 radical (unpaired) electrons. The lowest BCUT2D eigenvalue weighted by Gasteiger charge is -2.33. The number of rotatable bonds is 3. The predicted molar refractivity (Wildman–Crippen MR) is 99.9 cm³/mol. The number of Topliss-reactive ketones (excluding diaryl/α,β-unsaturated/α-hetero) is 1. The van der Waals surface area contributed by atoms with E-state index in [-0.39, 0.29) is 29.9 Å². The van der Waals surface area contributed by atoms with Crippen molar-refractivity contribution in [3.63, 3.8) is 0 Å². The number of aliphatic carboxylic acids is 1. The quantitative estimate of drug-likeness (QED) is 0.789. The number of aromatic nitrogens is 2. The summed E-state index contributed by atoms with van der Waals surface area (Å²) in [5.74, 6) is -3.10. The van der Waals surface area contributed by atoms with Gasteiger partial charge in [0, 0.05) is 49.2 Å². The summed E-state index contributed by atoms with van der Waals surface area (Å²) in [6.45, 7) is 3.81. The summed E-state index contributed by atoms with van der Waals surface area (Å²) in [7, 11) is 0. The van der Waals surface area contributed by atoms with Crippen molar-refractivity contribution < 1.29 is 19.1 Å². The Labute approximate surface area is 161 Å². The van der Waals surface area contributed by atoms with Gasteiger partial charge in [0.05, 0.1) is 5.56 Å². The van der Waals surface area contributed by atoms with Crippen molar-refractivity contribution in [1.82, 2.24) is 14.9 Å². The fraction of sp³-hybridized carbons (Fsp3) is 0.450. The molecule has 2 aromatic heterocycles. The molecule has 3 aliphatic rings. The average molecular weight is 384 g/mol. The van der Waals surface area contributed by atoms with Crippen LogP contribution in [0.25, 0.3) is 11.3 Å². The van der Waals surface area contributed by atoms with Crippen LogP contribution in [-0.4, -0.2) is 45.5 Å². The maximum absolute atomic E-state index is 15.0. The number of anilines is 1. The summed E-state index contributed by atoms with van der Waals surface area (Å²) < 4.78 is 17.1. The highest BCUT2D eigenvalue weighted by Gasteiger charge is 2.43. The summed E-state index contributed by atoms with van der Waals surface area (Å²) in [4.78, 5) is 30.5. The lowest BCUT2D eigenvalue weighted by atomic mass is 9.92. The van der Waals surface area contributed by atoms with Crippen molar-refractivity contribution in [2.45, 2.75) is 38.4 Å². The van der Waals surface area contributed by atoms with Gasteiger partial charge in [0.25, 0.3) is 0 Å². The highest BCUT2D eigenvalue weighted by atomic mass is 19.1. The molecule has 0 amide bonds. The van der Waals surface area contributed by atoms with E-state index in [0.717, 1.165) is 31.6 Å². The Morgan fingerprint density at radius 2 is 2.14 bits per heavy atom. The van der Waals surface area contributed by atoms with Gasteiger partial charge in [-0.1, -0.05) is 0 Å². The second-order valence-electron chi connectivity index (χ2n) is 7.85. The van der Waals surface area contributed by atoms with E-state index >= 15 is 0 Å². The van der Waals surface area contributed by atoms with E-state index < -0.39 is 23.5 Å². The van der Waals surface area contributed by atoms with Crippen molar-refractivity contribution >= 4 is 17.6 Å². The van der Waals surface area contributed by atoms with Gasteiger partial charge in [0.15, 0.2) is 5.78 Å². The molecule has 28 heavy (non-hydrogen) atoms. The SMILES string of the molecule is C[C@@H]1NCCn2cc(-c3nc4c(cc3F)C(=O)C(C(=O)O)CN4C3CC3)cc21. The number of hydrogen-bond acceptors (Lipinski definition) is 5. The van der Waals surface area contributed by atoms with Gasteiger partial charge < -0.3 is 19.9 Å². The van der Waals surface area contributed by atoms with Crippen LogP contribution in [0.2, 0.25) is 0 Å². The van der Waals surface area contributed by atoms with Crippen molar-refractivity contribution in [2.75, 3.05) is 18.0 Å². The monoisotopic (exact) mass is 384 g/mol. The first kappa shape index (κ1) is 17.4. The third-order valence-corrected chi connectivity index (χ3v) is 5.93. The zero-order valence-electron chi connectivity index (χ0n) is 15.5. The Morgan fingerprint density at radius 3 is 2.82 bits per heavy atom. The van der Waals surface area contributed by atoms with Crippen LogP contribution in [0.5, 0.6) is 0 Å². The molecular formula is C20H21FN4O3. The molecule has 0 spiro atoms. The highest BCUT2D eigenvalue weighted by molar-refractivity contribution is 6.13. The lowest BCUT2D eigenvalue weighted by Crippen LogP contribution is -2.44. The standard InChI is InChI=1S/C20H21FN4O3/c1-10-16-6-11(8-24(16)5-4-22-10)17-15(21)7-13-18(26)14(20(27)28)9-25(12-2-3-12)19(13)23-17/h6-8,10,12,14,22H,2-5,9H2,1H3,(H,27,28)/t10-,14?/m0/s1. The van der Waals surface area contributed by atoms with E-state index in [1.807, 2.05) is 17.2 Å². The van der Waals surface area contributed by atoms with Gasteiger partial charge in [0.2, 0.25) is 0 Å². The number of ketones is 1. The first-order chi connectivity index (χ1) is 13.4. The maximum Gasteiger partial charge on any atom is 0.316 e. The van der Waals surface area contributed by atoms with Crippen LogP contribution in [0, 0.1) is 11.7 Å². The number of fused-ring (bicyclic) bond motifs is 2. The van der Waals surface area contributed by atoms with Crippen LogP contribution in [0.4, 0.5) is 10.2 Å². The number of carbonyl (C=O) groups is 2. The van der Waals surface area contributed by atoms with Crippen LogP contribution < -0.4 is 10.2 Å². The van der Waals surface area contributed by atoms with Gasteiger partial charge in [-0.2, -0.15) is 0 Å². The number of halogens is 1. The number of hydrogen-bond donors (Lipinski definition) is 2. The van der Waals surface area contributed by atoms with E-state index in [0.29, 0.717) is 11.4 Å². The minimum Gasteiger partial charge on any atom is -0.481 e. The van der Waals surface area contributed by atoms with Crippen LogP contribution in [0.1, 0.15) is 41.9 Å². The van der Waals surface area contributed by atoms with Crippen molar-refractivity contribution in [1.29, 1.82) is 0 Å². The van der Waals surface area contributed by atoms with E-state index in [1.165, 1.54) is 6.07 Å². The molecule has 2 aromatic rings. The van der Waals surface area contributed by atoms with Crippen LogP contribution in [0.15, 0.2) is 18.3 Å². The molecule has 2 aliphatic heterocycles. The van der Waals surface area contributed by atoms with Crippen molar-refractivity contribution in [2.24, 2.45) is 5.92 Å². The summed E-state index contributed by atoms with van der Waals surface area (Å²) in [6, 6.07) is 3.44. The molecule has 7 nitrogen and oxygen atoms in total. The van der Waals surface area contributed by atoms with Gasteiger partial charge in [-0.25, -0.2) is 9.37 Å². The third-order valence-electron chi connectivity index (χ3n) is 5.93. The molecule has 1 fully saturated rings. The molecule has 0 aromatic carbocycles. The second kappa shape index (κ2) is 6.13. The normalized spacial score (nSPS) is 24.1. The smallest absolute Gasteiger partial charge is 0.316 e. The Balaban J connectivity index is 1.62. The maximum atomic E-state index is 15.0. The molecule has 8 heteroatoms. The molecule has 2 atom stereocenters. The van der Waals surface area contributed by atoms with Crippen LogP contribution in [-0.2, 0) is 11.3 Å². The first-order valence-electron chi connectivity index (χ1n) is 9.62. The third kappa shape index (κ3) is 2.63.